The van der Waals surface area contributed by atoms with Crippen LogP contribution < -0.4 is 0 Å². The van der Waals surface area contributed by atoms with E-state index in [-0.39, 0.29) is 17.2 Å². The summed E-state index contributed by atoms with van der Waals surface area (Å²) >= 11 is 0. The van der Waals surface area contributed by atoms with Crippen molar-refractivity contribution in [2.45, 2.75) is 46.0 Å². The Bertz CT molecular complexity index is 699. The number of likely N-dealkylation sites (tertiary alicyclic amines) is 1. The van der Waals surface area contributed by atoms with E-state index in [2.05, 4.69) is 5.16 Å². The van der Waals surface area contributed by atoms with E-state index < -0.39 is 0 Å². The molecule has 2 amide bonds. The molecule has 2 saturated heterocycles. The molecule has 3 fully saturated rings. The highest BCUT2D eigenvalue weighted by Crippen LogP contribution is 2.53. The van der Waals surface area contributed by atoms with Gasteiger partial charge in [0, 0.05) is 32.6 Å². The zero-order chi connectivity index (χ0) is 19.0. The summed E-state index contributed by atoms with van der Waals surface area (Å²) in [6.45, 7) is 7.82. The van der Waals surface area contributed by atoms with Crippen molar-refractivity contribution in [3.63, 3.8) is 0 Å². The Morgan fingerprint density at radius 3 is 2.52 bits per heavy atom. The minimum Gasteiger partial charge on any atom is -0.378 e. The molecule has 3 heterocycles. The predicted molar refractivity (Wildman–Crippen MR) is 98.3 cm³/mol. The van der Waals surface area contributed by atoms with Crippen LogP contribution in [-0.4, -0.2) is 66.2 Å². The van der Waals surface area contributed by atoms with Crippen LogP contribution in [0.5, 0.6) is 0 Å². The second kappa shape index (κ2) is 7.26. The fourth-order valence-electron chi connectivity index (χ4n) is 5.00. The molecule has 3 aliphatic rings. The third-order valence-electron chi connectivity index (χ3n) is 6.77. The Labute approximate surface area is 160 Å². The normalized spacial score (nSPS) is 24.3. The summed E-state index contributed by atoms with van der Waals surface area (Å²) in [6.07, 6.45) is 4.98. The number of ether oxygens (including phenoxy) is 1. The maximum atomic E-state index is 13.0. The molecule has 1 aromatic rings. The van der Waals surface area contributed by atoms with Gasteiger partial charge in [-0.2, -0.15) is 0 Å². The zero-order valence-corrected chi connectivity index (χ0v) is 16.3. The first kappa shape index (κ1) is 18.5. The number of carbonyl (C=O) groups excluding carboxylic acids is 2. The highest BCUT2D eigenvalue weighted by molar-refractivity contribution is 5.96. The van der Waals surface area contributed by atoms with Gasteiger partial charge in [0.2, 0.25) is 5.91 Å². The van der Waals surface area contributed by atoms with E-state index in [0.29, 0.717) is 55.7 Å². The van der Waals surface area contributed by atoms with Crippen molar-refractivity contribution in [3.8, 4) is 0 Å². The molecular formula is C20H29N3O4. The molecule has 0 N–H and O–H groups in total. The number of morpholine rings is 1. The quantitative estimate of drug-likeness (QED) is 0.806. The van der Waals surface area contributed by atoms with Crippen molar-refractivity contribution in [3.05, 3.63) is 17.0 Å². The van der Waals surface area contributed by atoms with Crippen molar-refractivity contribution < 1.29 is 18.8 Å². The zero-order valence-electron chi connectivity index (χ0n) is 16.3. The van der Waals surface area contributed by atoms with Crippen LogP contribution in [0.25, 0.3) is 0 Å². The summed E-state index contributed by atoms with van der Waals surface area (Å²) in [7, 11) is 0. The fraction of sp³-hybridized carbons (Fsp3) is 0.750. The van der Waals surface area contributed by atoms with Crippen LogP contribution in [0.15, 0.2) is 4.52 Å². The molecule has 1 aromatic heterocycles. The van der Waals surface area contributed by atoms with Crippen molar-refractivity contribution in [1.82, 2.24) is 15.0 Å². The number of hydrogen-bond acceptors (Lipinski definition) is 5. The van der Waals surface area contributed by atoms with Crippen LogP contribution in [0.4, 0.5) is 0 Å². The number of nitrogens with zero attached hydrogens (tertiary/aromatic N) is 3. The maximum absolute atomic E-state index is 13.0. The molecule has 0 radical (unpaired) electrons. The predicted octanol–water partition coefficient (Wildman–Crippen LogP) is 2.17. The van der Waals surface area contributed by atoms with Crippen molar-refractivity contribution >= 4 is 11.8 Å². The average Bonchev–Trinajstić information content (AvgIpc) is 3.20. The van der Waals surface area contributed by atoms with Crippen molar-refractivity contribution in [2.75, 3.05) is 39.4 Å². The van der Waals surface area contributed by atoms with E-state index in [1.807, 2.05) is 16.7 Å². The van der Waals surface area contributed by atoms with Crippen molar-refractivity contribution in [2.24, 2.45) is 11.3 Å². The summed E-state index contributed by atoms with van der Waals surface area (Å²) < 4.78 is 10.5. The summed E-state index contributed by atoms with van der Waals surface area (Å²) in [5.74, 6) is 1.24. The fourth-order valence-corrected chi connectivity index (χ4v) is 5.00. The lowest BCUT2D eigenvalue weighted by molar-refractivity contribution is -0.135. The third kappa shape index (κ3) is 3.37. The number of hydrogen-bond donors (Lipinski definition) is 0. The number of aryl methyl sites for hydroxylation is 2. The van der Waals surface area contributed by atoms with Crippen LogP contribution in [-0.2, 0) is 9.53 Å². The molecule has 7 nitrogen and oxygen atoms in total. The maximum Gasteiger partial charge on any atom is 0.259 e. The molecule has 1 unspecified atom stereocenters. The molecule has 4 rings (SSSR count). The Morgan fingerprint density at radius 1 is 1.19 bits per heavy atom. The monoisotopic (exact) mass is 375 g/mol. The van der Waals surface area contributed by atoms with Gasteiger partial charge in [0.25, 0.3) is 5.91 Å². The highest BCUT2D eigenvalue weighted by atomic mass is 16.5. The summed E-state index contributed by atoms with van der Waals surface area (Å²) in [5, 5.41) is 3.93. The average molecular weight is 375 g/mol. The molecule has 2 aliphatic heterocycles. The highest BCUT2D eigenvalue weighted by Gasteiger charge is 2.51. The Hall–Kier alpha value is -1.89. The second-order valence-electron chi connectivity index (χ2n) is 8.33. The summed E-state index contributed by atoms with van der Waals surface area (Å²) in [4.78, 5) is 29.5. The Kier molecular flexibility index (Phi) is 4.97. The lowest BCUT2D eigenvalue weighted by Crippen LogP contribution is -2.42. The number of aromatic nitrogens is 1. The second-order valence-corrected chi connectivity index (χ2v) is 8.33. The minimum absolute atomic E-state index is 0.0273. The Balaban J connectivity index is 1.41. The van der Waals surface area contributed by atoms with E-state index in [9.17, 15) is 9.59 Å². The van der Waals surface area contributed by atoms with Gasteiger partial charge in [0.05, 0.1) is 18.9 Å². The molecule has 0 aromatic carbocycles. The minimum atomic E-state index is 0.0273. The largest absolute Gasteiger partial charge is 0.378 e. The van der Waals surface area contributed by atoms with Gasteiger partial charge in [0.15, 0.2) is 0 Å². The molecule has 1 saturated carbocycles. The van der Waals surface area contributed by atoms with Gasteiger partial charge >= 0.3 is 0 Å². The first-order valence-corrected chi connectivity index (χ1v) is 10.1. The number of carbonyl (C=O) groups is 2. The molecule has 1 spiro atoms. The number of rotatable bonds is 4. The van der Waals surface area contributed by atoms with Gasteiger partial charge in [-0.1, -0.05) is 11.6 Å². The van der Waals surface area contributed by atoms with E-state index in [4.69, 9.17) is 9.26 Å². The van der Waals surface area contributed by atoms with Crippen LogP contribution >= 0.6 is 0 Å². The standard InChI is InChI=1S/C20H29N3O4/c1-14-18(15(2)27-21-14)19(25)23-12-16(20(13-23)6-3-7-20)4-5-17(24)22-8-10-26-11-9-22/h16H,3-13H2,1-2H3. The van der Waals surface area contributed by atoms with E-state index >= 15 is 0 Å². The molecule has 7 heteroatoms. The van der Waals surface area contributed by atoms with Crippen LogP contribution in [0.3, 0.4) is 0 Å². The van der Waals surface area contributed by atoms with Crippen LogP contribution in [0.2, 0.25) is 0 Å². The van der Waals surface area contributed by atoms with Gasteiger partial charge in [-0.25, -0.2) is 0 Å². The van der Waals surface area contributed by atoms with Gasteiger partial charge in [-0.15, -0.1) is 0 Å². The summed E-state index contributed by atoms with van der Waals surface area (Å²) in [6, 6.07) is 0. The molecular weight excluding hydrogens is 346 g/mol. The van der Waals surface area contributed by atoms with Gasteiger partial charge in [-0.05, 0) is 44.4 Å². The molecule has 1 atom stereocenters. The van der Waals surface area contributed by atoms with E-state index in [0.717, 1.165) is 32.4 Å². The van der Waals surface area contributed by atoms with Gasteiger partial charge in [0.1, 0.15) is 11.3 Å². The summed E-state index contributed by atoms with van der Waals surface area (Å²) in [5.41, 5.74) is 1.47. The van der Waals surface area contributed by atoms with Gasteiger partial charge < -0.3 is 19.1 Å². The van der Waals surface area contributed by atoms with E-state index in [1.54, 1.807) is 6.92 Å². The third-order valence-corrected chi connectivity index (χ3v) is 6.77. The smallest absolute Gasteiger partial charge is 0.259 e. The van der Waals surface area contributed by atoms with Crippen LogP contribution in [0, 0.1) is 25.2 Å². The molecule has 27 heavy (non-hydrogen) atoms. The van der Waals surface area contributed by atoms with E-state index in [1.165, 1.54) is 6.42 Å². The van der Waals surface area contributed by atoms with Gasteiger partial charge in [-0.3, -0.25) is 9.59 Å². The topological polar surface area (TPSA) is 75.9 Å². The first-order valence-electron chi connectivity index (χ1n) is 10.1. The SMILES string of the molecule is Cc1noc(C)c1C(=O)N1CC(CCC(=O)N2CCOCC2)C2(CCC2)C1. The van der Waals surface area contributed by atoms with Crippen LogP contribution in [0.1, 0.15) is 53.9 Å². The first-order chi connectivity index (χ1) is 13.0. The lowest BCUT2D eigenvalue weighted by atomic mass is 9.62. The Morgan fingerprint density at radius 2 is 1.93 bits per heavy atom. The molecule has 1 aliphatic carbocycles. The van der Waals surface area contributed by atoms with Crippen molar-refractivity contribution in [1.29, 1.82) is 0 Å². The lowest BCUT2D eigenvalue weighted by Gasteiger charge is -2.43. The molecule has 148 valence electrons. The molecule has 0 bridgehead atoms. The number of amides is 2.